The molecule has 0 spiro atoms. The summed E-state index contributed by atoms with van der Waals surface area (Å²) in [7, 11) is 0. The van der Waals surface area contributed by atoms with Gasteiger partial charge in [0.15, 0.2) is 0 Å². The molecule has 0 saturated heterocycles. The number of hydrogen-bond acceptors (Lipinski definition) is 3. The maximum absolute atomic E-state index is 5.65. The van der Waals surface area contributed by atoms with E-state index in [2.05, 4.69) is 220 Å². The maximum Gasteiger partial charge on any atom is 2.00 e. The number of nitrogens with zero attached hydrogens (tertiary/aromatic N) is 6. The van der Waals surface area contributed by atoms with E-state index in [-0.39, 0.29) is 42.7 Å². The maximum atomic E-state index is 5.65. The van der Waals surface area contributed by atoms with Crippen molar-refractivity contribution < 1.29 is 21.1 Å². The summed E-state index contributed by atoms with van der Waals surface area (Å²) in [5.74, 6) is 0.871. The van der Waals surface area contributed by atoms with Gasteiger partial charge in [-0.15, -0.1) is 17.5 Å². The molecule has 334 valence electrons. The van der Waals surface area contributed by atoms with Crippen LogP contribution >= 0.6 is 0 Å². The van der Waals surface area contributed by atoms with Crippen molar-refractivity contribution in [3.8, 4) is 45.3 Å². The third-order valence-electron chi connectivity index (χ3n) is 13.1. The van der Waals surface area contributed by atoms with E-state index in [9.17, 15) is 0 Å². The van der Waals surface area contributed by atoms with E-state index in [0.717, 1.165) is 89.0 Å². The summed E-state index contributed by atoms with van der Waals surface area (Å²) < 4.78 is 4.55. The van der Waals surface area contributed by atoms with Gasteiger partial charge in [0.1, 0.15) is 11.5 Å². The fourth-order valence-electron chi connectivity index (χ4n) is 9.19. The number of rotatable bonds is 5. The second kappa shape index (κ2) is 16.1. The Balaban J connectivity index is 0.00000548. The van der Waals surface area contributed by atoms with Gasteiger partial charge in [0.25, 0.3) is 0 Å². The molecular formula is C59H58N6Pt. The molecule has 10 aromatic rings. The molecule has 0 aliphatic heterocycles. The molecule has 0 radical (unpaired) electrons. The summed E-state index contributed by atoms with van der Waals surface area (Å²) in [5, 5.41) is 14.5. The van der Waals surface area contributed by atoms with Crippen LogP contribution in [0.3, 0.4) is 0 Å². The minimum absolute atomic E-state index is 0. The SMILES string of the molecule is CC(C)(C)c1cc(-c2c(-c3ccccc3)n[n-]c2-c2ccc3c4cc(C(C)(C)C)ccc4n(-c4[c-]c5c(cc4)c4ccccc4n5-c4cc(C(C)(C)C)ccn4)c3n2)cc(C(C)(C)C)c1.[Pt+2]. The van der Waals surface area contributed by atoms with Crippen LogP contribution in [0.25, 0.3) is 89.0 Å². The first-order chi connectivity index (χ1) is 30.8. The van der Waals surface area contributed by atoms with Crippen molar-refractivity contribution in [1.29, 1.82) is 0 Å². The van der Waals surface area contributed by atoms with E-state index < -0.39 is 0 Å². The Bertz CT molecular complexity index is 3430. The Labute approximate surface area is 403 Å². The van der Waals surface area contributed by atoms with Crippen molar-refractivity contribution in [2.75, 3.05) is 0 Å². The minimum Gasteiger partial charge on any atom is -0.573 e. The molecule has 7 heteroatoms. The van der Waals surface area contributed by atoms with E-state index in [1.165, 1.54) is 22.3 Å². The van der Waals surface area contributed by atoms with Crippen LogP contribution < -0.4 is 5.10 Å². The Morgan fingerprint density at radius 1 is 0.500 bits per heavy atom. The van der Waals surface area contributed by atoms with Gasteiger partial charge in [0.05, 0.1) is 16.9 Å². The summed E-state index contributed by atoms with van der Waals surface area (Å²) in [4.78, 5) is 10.6. The molecule has 66 heavy (non-hydrogen) atoms. The molecule has 6 nitrogen and oxygen atoms in total. The molecule has 0 bridgehead atoms. The standard InChI is InChI=1S/C59H58N6.Pt/c1-56(2,3)38-22-27-49-46(33-38)45-25-26-47(54-52(53(62-63-54)36-18-14-13-15-19-36)37-30-40(58(7,8)9)32-41(31-37)59(10,11)12)61-55(45)64(49)42-23-24-44-43-20-16-17-21-48(43)65(50(44)35-42)51-34-39(28-29-60-51)57(4,5)6;/h13-34H,1-12H3;/q-2;+2. The summed E-state index contributed by atoms with van der Waals surface area (Å²) in [6, 6.07) is 50.0. The first-order valence-electron chi connectivity index (χ1n) is 22.9. The van der Waals surface area contributed by atoms with E-state index >= 15 is 0 Å². The average molecular weight is 1050 g/mol. The zero-order valence-corrected chi connectivity index (χ0v) is 42.5. The second-order valence-electron chi connectivity index (χ2n) is 21.9. The van der Waals surface area contributed by atoms with Crippen LogP contribution in [0.2, 0.25) is 0 Å². The predicted molar refractivity (Wildman–Crippen MR) is 272 cm³/mol. The quantitative estimate of drug-likeness (QED) is 0.161. The molecule has 5 aromatic heterocycles. The molecule has 0 fully saturated rings. The zero-order valence-electron chi connectivity index (χ0n) is 40.2. The van der Waals surface area contributed by atoms with Crippen molar-refractivity contribution in [3.63, 3.8) is 0 Å². The normalized spacial score (nSPS) is 12.7. The van der Waals surface area contributed by atoms with Crippen LogP contribution in [0.5, 0.6) is 0 Å². The number of pyridine rings is 2. The topological polar surface area (TPSA) is 62.6 Å². The van der Waals surface area contributed by atoms with Crippen molar-refractivity contribution >= 4 is 43.7 Å². The molecule has 10 rings (SSSR count). The molecule has 0 amide bonds. The van der Waals surface area contributed by atoms with Crippen molar-refractivity contribution in [3.05, 3.63) is 162 Å². The Morgan fingerprint density at radius 3 is 1.80 bits per heavy atom. The Morgan fingerprint density at radius 2 is 1.12 bits per heavy atom. The molecule has 5 heterocycles. The van der Waals surface area contributed by atoms with Gasteiger partial charge in [-0.05, 0) is 108 Å². The van der Waals surface area contributed by atoms with Crippen LogP contribution in [0.1, 0.15) is 105 Å². The summed E-state index contributed by atoms with van der Waals surface area (Å²) >= 11 is 0. The number of para-hydroxylation sites is 1. The van der Waals surface area contributed by atoms with E-state index in [4.69, 9.17) is 20.2 Å². The fraction of sp³-hybridized carbons (Fsp3) is 0.271. The summed E-state index contributed by atoms with van der Waals surface area (Å²) in [5.41, 5.74) is 15.1. The van der Waals surface area contributed by atoms with Crippen LogP contribution in [-0.4, -0.2) is 24.2 Å². The molecule has 0 unspecified atom stereocenters. The van der Waals surface area contributed by atoms with Crippen molar-refractivity contribution in [2.45, 2.75) is 105 Å². The predicted octanol–water partition coefficient (Wildman–Crippen LogP) is 15.0. The summed E-state index contributed by atoms with van der Waals surface area (Å²) in [6.07, 6.45) is 1.93. The zero-order chi connectivity index (χ0) is 45.8. The molecule has 0 atom stereocenters. The van der Waals surface area contributed by atoms with Gasteiger partial charge in [0, 0.05) is 22.5 Å². The molecule has 0 N–H and O–H groups in total. The van der Waals surface area contributed by atoms with Crippen LogP contribution in [0, 0.1) is 6.07 Å². The fourth-order valence-corrected chi connectivity index (χ4v) is 9.19. The van der Waals surface area contributed by atoms with Crippen molar-refractivity contribution in [1.82, 2.24) is 29.3 Å². The van der Waals surface area contributed by atoms with Crippen LogP contribution in [0.15, 0.2) is 134 Å². The minimum atomic E-state index is -0.0741. The van der Waals surface area contributed by atoms with Gasteiger partial charge >= 0.3 is 21.1 Å². The van der Waals surface area contributed by atoms with Gasteiger partial charge in [-0.1, -0.05) is 173 Å². The van der Waals surface area contributed by atoms with Gasteiger partial charge in [-0.2, -0.15) is 6.07 Å². The molecule has 0 aliphatic carbocycles. The van der Waals surface area contributed by atoms with E-state index in [0.29, 0.717) is 0 Å². The van der Waals surface area contributed by atoms with E-state index in [1.54, 1.807) is 0 Å². The van der Waals surface area contributed by atoms with Crippen LogP contribution in [-0.2, 0) is 42.7 Å². The Kier molecular flexibility index (Phi) is 11.0. The van der Waals surface area contributed by atoms with Crippen molar-refractivity contribution in [2.24, 2.45) is 0 Å². The second-order valence-corrected chi connectivity index (χ2v) is 21.9. The number of hydrogen-bond donors (Lipinski definition) is 0. The molecular weight excluding hydrogens is 988 g/mol. The van der Waals surface area contributed by atoms with Gasteiger partial charge in [-0.25, -0.2) is 9.97 Å². The third kappa shape index (κ3) is 7.81. The Hall–Kier alpha value is -6.10. The average Bonchev–Trinajstić information content (AvgIpc) is 3.95. The molecule has 0 saturated carbocycles. The largest absolute Gasteiger partial charge is 2.00 e. The smallest absolute Gasteiger partial charge is 0.573 e. The monoisotopic (exact) mass is 1050 g/mol. The van der Waals surface area contributed by atoms with Gasteiger partial charge in [0.2, 0.25) is 0 Å². The number of benzene rings is 5. The van der Waals surface area contributed by atoms with E-state index in [1.807, 2.05) is 12.3 Å². The molecule has 0 aliphatic rings. The first-order valence-corrected chi connectivity index (χ1v) is 22.9. The number of aromatic nitrogens is 6. The number of fused-ring (bicyclic) bond motifs is 6. The first kappa shape index (κ1) is 45.1. The third-order valence-corrected chi connectivity index (χ3v) is 13.1. The molecule has 5 aromatic carbocycles. The van der Waals surface area contributed by atoms with Gasteiger partial charge < -0.3 is 19.3 Å². The van der Waals surface area contributed by atoms with Gasteiger partial charge in [-0.3, -0.25) is 0 Å². The van der Waals surface area contributed by atoms with Crippen LogP contribution in [0.4, 0.5) is 0 Å². The summed E-state index contributed by atoms with van der Waals surface area (Å²) in [6.45, 7) is 27.2.